The van der Waals surface area contributed by atoms with Gasteiger partial charge >= 0.3 is 6.18 Å². The highest BCUT2D eigenvalue weighted by atomic mass is 32.1. The van der Waals surface area contributed by atoms with Gasteiger partial charge in [-0.3, -0.25) is 4.79 Å². The van der Waals surface area contributed by atoms with E-state index in [0.717, 1.165) is 5.56 Å². The molecule has 1 atom stereocenters. The van der Waals surface area contributed by atoms with Gasteiger partial charge in [-0.15, -0.1) is 0 Å². The van der Waals surface area contributed by atoms with Crippen LogP contribution in [0, 0.1) is 0 Å². The van der Waals surface area contributed by atoms with Gasteiger partial charge in [0.1, 0.15) is 0 Å². The molecule has 0 spiro atoms. The van der Waals surface area contributed by atoms with Crippen molar-refractivity contribution in [3.63, 3.8) is 0 Å². The number of unbranched alkanes of at least 4 members (excludes halogenated alkanes) is 1. The number of carbonyl (C=O) groups is 1. The minimum absolute atomic E-state index is 0.0275. The smallest absolute Gasteiger partial charge is 0.355 e. The molecule has 1 amide bonds. The van der Waals surface area contributed by atoms with E-state index in [1.807, 2.05) is 30.3 Å². The molecule has 0 bridgehead atoms. The molecule has 0 fully saturated rings. The monoisotopic (exact) mass is 305 g/mol. The average Bonchev–Trinajstić information content (AvgIpc) is 2.38. The zero-order valence-corrected chi connectivity index (χ0v) is 11.9. The molecular weight excluding hydrogens is 287 g/mol. The zero-order chi connectivity index (χ0) is 15.0. The number of hydrogen-bond acceptors (Lipinski definition) is 2. The Hall–Kier alpha value is -1.17. The number of carbonyl (C=O) groups excluding carboxylic acids is 1. The van der Waals surface area contributed by atoms with Crippen molar-refractivity contribution in [3.8, 4) is 0 Å². The van der Waals surface area contributed by atoms with Crippen LogP contribution in [0.4, 0.5) is 13.2 Å². The molecular formula is C14H18F3NOS. The molecule has 0 aromatic heterocycles. The van der Waals surface area contributed by atoms with Gasteiger partial charge in [0, 0.05) is 13.0 Å². The van der Waals surface area contributed by atoms with Gasteiger partial charge in [0.05, 0.1) is 5.25 Å². The number of nitrogens with one attached hydrogen (secondary N) is 1. The standard InChI is InChI=1S/C14H18F3NOS/c15-14(16,17)8-4-5-9-18-13(19)12(20)10-11-6-2-1-3-7-11/h1-3,6-7,12,20H,4-5,8-10H2,(H,18,19). The lowest BCUT2D eigenvalue weighted by atomic mass is 10.1. The van der Waals surface area contributed by atoms with Crippen molar-refractivity contribution >= 4 is 18.5 Å². The Bertz CT molecular complexity index is 409. The lowest BCUT2D eigenvalue weighted by Gasteiger charge is -2.12. The zero-order valence-electron chi connectivity index (χ0n) is 11.0. The normalized spacial score (nSPS) is 13.0. The van der Waals surface area contributed by atoms with Gasteiger partial charge in [-0.2, -0.15) is 25.8 Å². The van der Waals surface area contributed by atoms with Crippen LogP contribution in [-0.2, 0) is 11.2 Å². The van der Waals surface area contributed by atoms with Crippen molar-refractivity contribution in [2.75, 3.05) is 6.54 Å². The summed E-state index contributed by atoms with van der Waals surface area (Å²) in [6, 6.07) is 9.45. The maximum atomic E-state index is 11.9. The van der Waals surface area contributed by atoms with Crippen molar-refractivity contribution in [1.82, 2.24) is 5.32 Å². The maximum absolute atomic E-state index is 11.9. The first-order valence-electron chi connectivity index (χ1n) is 6.45. The average molecular weight is 305 g/mol. The number of hydrogen-bond donors (Lipinski definition) is 2. The number of amides is 1. The maximum Gasteiger partial charge on any atom is 0.389 e. The first kappa shape index (κ1) is 16.9. The third-order valence-corrected chi connectivity index (χ3v) is 3.18. The quantitative estimate of drug-likeness (QED) is 0.587. The second-order valence-electron chi connectivity index (χ2n) is 4.57. The molecule has 6 heteroatoms. The first-order valence-corrected chi connectivity index (χ1v) is 6.96. The van der Waals surface area contributed by atoms with E-state index in [1.54, 1.807) is 0 Å². The highest BCUT2D eigenvalue weighted by molar-refractivity contribution is 7.81. The molecule has 0 saturated carbocycles. The molecule has 1 N–H and O–H groups in total. The summed E-state index contributed by atoms with van der Waals surface area (Å²) in [7, 11) is 0. The van der Waals surface area contributed by atoms with Crippen molar-refractivity contribution in [1.29, 1.82) is 0 Å². The van der Waals surface area contributed by atoms with E-state index in [4.69, 9.17) is 0 Å². The summed E-state index contributed by atoms with van der Waals surface area (Å²) in [5.74, 6) is -0.246. The van der Waals surface area contributed by atoms with Crippen LogP contribution in [-0.4, -0.2) is 23.9 Å². The molecule has 1 unspecified atom stereocenters. The lowest BCUT2D eigenvalue weighted by molar-refractivity contribution is -0.135. The Kier molecular flexibility index (Phi) is 6.91. The van der Waals surface area contributed by atoms with E-state index in [0.29, 0.717) is 12.8 Å². The molecule has 0 heterocycles. The molecule has 0 aliphatic rings. The fourth-order valence-corrected chi connectivity index (χ4v) is 2.01. The van der Waals surface area contributed by atoms with Gasteiger partial charge in [-0.05, 0) is 24.8 Å². The third kappa shape index (κ3) is 7.43. The largest absolute Gasteiger partial charge is 0.389 e. The number of benzene rings is 1. The van der Waals surface area contributed by atoms with Crippen LogP contribution in [0.1, 0.15) is 24.8 Å². The molecule has 0 aliphatic carbocycles. The van der Waals surface area contributed by atoms with Gasteiger partial charge in [0.2, 0.25) is 5.91 Å². The van der Waals surface area contributed by atoms with E-state index < -0.39 is 17.8 Å². The Morgan fingerprint density at radius 2 is 1.85 bits per heavy atom. The molecule has 1 rings (SSSR count). The summed E-state index contributed by atoms with van der Waals surface area (Å²) in [6.07, 6.45) is -4.09. The summed E-state index contributed by atoms with van der Waals surface area (Å²) in [5.41, 5.74) is 1.000. The van der Waals surface area contributed by atoms with Crippen LogP contribution in [0.2, 0.25) is 0 Å². The Balaban J connectivity index is 2.19. The number of alkyl halides is 3. The van der Waals surface area contributed by atoms with Crippen LogP contribution >= 0.6 is 12.6 Å². The minimum Gasteiger partial charge on any atom is -0.355 e. The van der Waals surface area contributed by atoms with Crippen LogP contribution in [0.25, 0.3) is 0 Å². The van der Waals surface area contributed by atoms with Gasteiger partial charge in [0.25, 0.3) is 0 Å². The predicted octanol–water partition coefficient (Wildman–Crippen LogP) is 3.38. The molecule has 112 valence electrons. The minimum atomic E-state index is -4.12. The van der Waals surface area contributed by atoms with E-state index in [-0.39, 0.29) is 18.9 Å². The van der Waals surface area contributed by atoms with Crippen molar-refractivity contribution in [2.24, 2.45) is 0 Å². The topological polar surface area (TPSA) is 29.1 Å². The fraction of sp³-hybridized carbons (Fsp3) is 0.500. The summed E-state index contributed by atoms with van der Waals surface area (Å²) in [6.45, 7) is 0.251. The van der Waals surface area contributed by atoms with Crippen molar-refractivity contribution < 1.29 is 18.0 Å². The molecule has 0 aliphatic heterocycles. The van der Waals surface area contributed by atoms with Gasteiger partial charge < -0.3 is 5.32 Å². The summed E-state index contributed by atoms with van der Waals surface area (Å²) in [5, 5.41) is 2.12. The third-order valence-electron chi connectivity index (χ3n) is 2.76. The van der Waals surface area contributed by atoms with Crippen LogP contribution in [0.15, 0.2) is 30.3 Å². The Morgan fingerprint density at radius 1 is 1.20 bits per heavy atom. The van der Waals surface area contributed by atoms with Crippen LogP contribution in [0.3, 0.4) is 0 Å². The second kappa shape index (κ2) is 8.19. The van der Waals surface area contributed by atoms with E-state index in [2.05, 4.69) is 17.9 Å². The molecule has 1 aromatic carbocycles. The van der Waals surface area contributed by atoms with Crippen LogP contribution < -0.4 is 5.32 Å². The molecule has 0 saturated heterocycles. The van der Waals surface area contributed by atoms with Crippen molar-refractivity contribution in [3.05, 3.63) is 35.9 Å². The Labute approximate surface area is 122 Å². The predicted molar refractivity (Wildman–Crippen MR) is 75.8 cm³/mol. The molecule has 20 heavy (non-hydrogen) atoms. The first-order chi connectivity index (χ1) is 9.38. The summed E-state index contributed by atoms with van der Waals surface area (Å²) in [4.78, 5) is 11.7. The number of halogens is 3. The van der Waals surface area contributed by atoms with E-state index >= 15 is 0 Å². The molecule has 1 aromatic rings. The summed E-state index contributed by atoms with van der Waals surface area (Å²) < 4.78 is 35.7. The van der Waals surface area contributed by atoms with Crippen LogP contribution in [0.5, 0.6) is 0 Å². The van der Waals surface area contributed by atoms with Gasteiger partial charge in [0.15, 0.2) is 0 Å². The Morgan fingerprint density at radius 3 is 2.45 bits per heavy atom. The summed E-state index contributed by atoms with van der Waals surface area (Å²) >= 11 is 4.22. The SMILES string of the molecule is O=C(NCCCCC(F)(F)F)C(S)Cc1ccccc1. The highest BCUT2D eigenvalue weighted by Gasteiger charge is 2.25. The highest BCUT2D eigenvalue weighted by Crippen LogP contribution is 2.21. The van der Waals surface area contributed by atoms with Gasteiger partial charge in [-0.1, -0.05) is 30.3 Å². The fourth-order valence-electron chi connectivity index (χ4n) is 1.71. The van der Waals surface area contributed by atoms with Crippen molar-refractivity contribution in [2.45, 2.75) is 37.1 Å². The number of rotatable bonds is 7. The molecule has 0 radical (unpaired) electrons. The van der Waals surface area contributed by atoms with E-state index in [1.165, 1.54) is 0 Å². The van der Waals surface area contributed by atoms with E-state index in [9.17, 15) is 18.0 Å². The molecule has 2 nitrogen and oxygen atoms in total. The number of thiol groups is 1. The lowest BCUT2D eigenvalue weighted by Crippen LogP contribution is -2.33. The second-order valence-corrected chi connectivity index (χ2v) is 5.19. The van der Waals surface area contributed by atoms with Gasteiger partial charge in [-0.25, -0.2) is 0 Å².